The molecule has 1 aliphatic heterocycles. The number of carbonyl (C=O) groups is 1. The van der Waals surface area contributed by atoms with Gasteiger partial charge in [-0.05, 0) is 44.4 Å². The van der Waals surface area contributed by atoms with Gasteiger partial charge < -0.3 is 14.3 Å². The second kappa shape index (κ2) is 8.08. The van der Waals surface area contributed by atoms with Gasteiger partial charge in [-0.15, -0.1) is 0 Å². The van der Waals surface area contributed by atoms with E-state index in [0.29, 0.717) is 13.1 Å². The Morgan fingerprint density at radius 2 is 1.90 bits per heavy atom. The lowest BCUT2D eigenvalue weighted by Gasteiger charge is -2.14. The second-order valence-corrected chi connectivity index (χ2v) is 9.31. The number of sulfonamides is 1. The average molecular weight is 429 g/mol. The first-order valence-corrected chi connectivity index (χ1v) is 11.3. The maximum absolute atomic E-state index is 12.8. The summed E-state index contributed by atoms with van der Waals surface area (Å²) in [4.78, 5) is 16.8. The third-order valence-corrected chi connectivity index (χ3v) is 7.33. The first-order chi connectivity index (χ1) is 14.4. The highest BCUT2D eigenvalue weighted by molar-refractivity contribution is 7.89. The standard InChI is InChI=1S/C21H24N4O4S/c1-15(17-5-7-18(8-6-17)24-12-9-22-14-24)23-21(26)19-13-20(16(2)29-19)30(27,28)25-10-3-4-11-25/h5-9,12-15H,3-4,10-11H2,1-2H3,(H,23,26)/t15-/m1/s1. The lowest BCUT2D eigenvalue weighted by Crippen LogP contribution is -2.28. The molecule has 3 heterocycles. The number of nitrogens with zero attached hydrogens (tertiary/aromatic N) is 3. The Morgan fingerprint density at radius 3 is 2.53 bits per heavy atom. The zero-order chi connectivity index (χ0) is 21.3. The molecule has 4 rings (SSSR count). The van der Waals surface area contributed by atoms with Crippen LogP contribution in [0.25, 0.3) is 5.69 Å². The van der Waals surface area contributed by atoms with Crippen LogP contribution in [0.15, 0.2) is 58.4 Å². The fourth-order valence-electron chi connectivity index (χ4n) is 3.60. The van der Waals surface area contributed by atoms with E-state index in [1.165, 1.54) is 10.4 Å². The van der Waals surface area contributed by atoms with Crippen LogP contribution in [0.5, 0.6) is 0 Å². The summed E-state index contributed by atoms with van der Waals surface area (Å²) in [7, 11) is -3.64. The summed E-state index contributed by atoms with van der Waals surface area (Å²) in [5, 5.41) is 2.87. The van der Waals surface area contributed by atoms with Gasteiger partial charge in [0.2, 0.25) is 10.0 Å². The molecule has 0 aliphatic carbocycles. The van der Waals surface area contributed by atoms with Crippen LogP contribution in [-0.2, 0) is 10.0 Å². The molecule has 30 heavy (non-hydrogen) atoms. The lowest BCUT2D eigenvalue weighted by atomic mass is 10.1. The molecule has 0 spiro atoms. The van der Waals surface area contributed by atoms with Crippen LogP contribution in [0.1, 0.15) is 47.7 Å². The van der Waals surface area contributed by atoms with Crippen molar-refractivity contribution in [1.82, 2.24) is 19.2 Å². The van der Waals surface area contributed by atoms with E-state index >= 15 is 0 Å². The molecular formula is C21H24N4O4S. The number of aryl methyl sites for hydroxylation is 1. The second-order valence-electron chi connectivity index (χ2n) is 7.40. The van der Waals surface area contributed by atoms with Crippen molar-refractivity contribution in [3.05, 3.63) is 66.1 Å². The smallest absolute Gasteiger partial charge is 0.287 e. The van der Waals surface area contributed by atoms with Gasteiger partial charge in [0.15, 0.2) is 5.76 Å². The summed E-state index contributed by atoms with van der Waals surface area (Å²) in [5.74, 6) is -0.233. The number of furan rings is 1. The molecule has 0 saturated carbocycles. The van der Waals surface area contributed by atoms with E-state index in [2.05, 4.69) is 10.3 Å². The molecule has 1 aliphatic rings. The van der Waals surface area contributed by atoms with Crippen molar-refractivity contribution in [2.75, 3.05) is 13.1 Å². The Balaban J connectivity index is 1.47. The average Bonchev–Trinajstić information content (AvgIpc) is 3.49. The zero-order valence-electron chi connectivity index (χ0n) is 16.9. The summed E-state index contributed by atoms with van der Waals surface area (Å²) in [6.45, 7) is 4.43. The Kier molecular flexibility index (Phi) is 5.48. The predicted molar refractivity (Wildman–Crippen MR) is 111 cm³/mol. The number of rotatable bonds is 6. The fourth-order valence-corrected chi connectivity index (χ4v) is 5.28. The lowest BCUT2D eigenvalue weighted by molar-refractivity contribution is 0.0910. The number of hydrogen-bond acceptors (Lipinski definition) is 5. The molecule has 2 aromatic heterocycles. The van der Waals surface area contributed by atoms with Crippen LogP contribution in [0.2, 0.25) is 0 Å². The quantitative estimate of drug-likeness (QED) is 0.651. The maximum atomic E-state index is 12.8. The van der Waals surface area contributed by atoms with Crippen molar-refractivity contribution in [3.63, 3.8) is 0 Å². The highest BCUT2D eigenvalue weighted by Gasteiger charge is 2.31. The van der Waals surface area contributed by atoms with Gasteiger partial charge in [0.1, 0.15) is 10.7 Å². The van der Waals surface area contributed by atoms with E-state index in [-0.39, 0.29) is 22.5 Å². The predicted octanol–water partition coefficient (Wildman–Crippen LogP) is 3.05. The Labute approximate surface area is 175 Å². The molecule has 0 radical (unpaired) electrons. The minimum absolute atomic E-state index is 0.00726. The van der Waals surface area contributed by atoms with E-state index in [4.69, 9.17) is 4.42 Å². The molecule has 3 aromatic rings. The maximum Gasteiger partial charge on any atom is 0.287 e. The number of imidazole rings is 1. The van der Waals surface area contributed by atoms with Crippen LogP contribution < -0.4 is 5.32 Å². The van der Waals surface area contributed by atoms with Crippen LogP contribution in [0, 0.1) is 6.92 Å². The number of aromatic nitrogens is 2. The van der Waals surface area contributed by atoms with Gasteiger partial charge in [0.25, 0.3) is 5.91 Å². The molecule has 8 nitrogen and oxygen atoms in total. The summed E-state index contributed by atoms with van der Waals surface area (Å²) in [6.07, 6.45) is 6.97. The molecule has 1 amide bonds. The molecule has 1 aromatic carbocycles. The van der Waals surface area contributed by atoms with Gasteiger partial charge in [-0.1, -0.05) is 12.1 Å². The van der Waals surface area contributed by atoms with Gasteiger partial charge in [0, 0.05) is 37.2 Å². The largest absolute Gasteiger partial charge is 0.455 e. The fraction of sp³-hybridized carbons (Fsp3) is 0.333. The van der Waals surface area contributed by atoms with Crippen molar-refractivity contribution in [2.24, 2.45) is 0 Å². The molecule has 1 N–H and O–H groups in total. The summed E-state index contributed by atoms with van der Waals surface area (Å²) >= 11 is 0. The van der Waals surface area contributed by atoms with Crippen LogP contribution >= 0.6 is 0 Å². The van der Waals surface area contributed by atoms with Crippen molar-refractivity contribution >= 4 is 15.9 Å². The molecule has 9 heteroatoms. The van der Waals surface area contributed by atoms with E-state index in [0.717, 1.165) is 24.1 Å². The van der Waals surface area contributed by atoms with E-state index < -0.39 is 15.9 Å². The summed E-state index contributed by atoms with van der Waals surface area (Å²) < 4.78 is 34.4. The van der Waals surface area contributed by atoms with Crippen molar-refractivity contribution in [3.8, 4) is 5.69 Å². The zero-order valence-corrected chi connectivity index (χ0v) is 17.7. The summed E-state index contributed by atoms with van der Waals surface area (Å²) in [6, 6.07) is 8.79. The van der Waals surface area contributed by atoms with E-state index in [9.17, 15) is 13.2 Å². The number of nitrogens with one attached hydrogen (secondary N) is 1. The van der Waals surface area contributed by atoms with Gasteiger partial charge >= 0.3 is 0 Å². The Bertz CT molecular complexity index is 1130. The third-order valence-electron chi connectivity index (χ3n) is 5.32. The van der Waals surface area contributed by atoms with Crippen molar-refractivity contribution in [1.29, 1.82) is 0 Å². The molecule has 0 bridgehead atoms. The molecule has 158 valence electrons. The van der Waals surface area contributed by atoms with Crippen LogP contribution in [0.3, 0.4) is 0 Å². The van der Waals surface area contributed by atoms with E-state index in [1.54, 1.807) is 19.4 Å². The number of carbonyl (C=O) groups excluding carboxylic acids is 1. The molecular weight excluding hydrogens is 404 g/mol. The third kappa shape index (κ3) is 3.90. The highest BCUT2D eigenvalue weighted by atomic mass is 32.2. The highest BCUT2D eigenvalue weighted by Crippen LogP contribution is 2.27. The Hall–Kier alpha value is -2.91. The van der Waals surface area contributed by atoms with Crippen LogP contribution in [-0.4, -0.2) is 41.3 Å². The molecule has 1 saturated heterocycles. The topological polar surface area (TPSA) is 97.4 Å². The first kappa shape index (κ1) is 20.4. The van der Waals surface area contributed by atoms with Crippen LogP contribution in [0.4, 0.5) is 0 Å². The normalized spacial score (nSPS) is 15.9. The van der Waals surface area contributed by atoms with E-state index in [1.807, 2.05) is 42.0 Å². The van der Waals surface area contributed by atoms with Gasteiger partial charge in [-0.2, -0.15) is 4.31 Å². The van der Waals surface area contributed by atoms with Gasteiger partial charge in [-0.3, -0.25) is 4.79 Å². The number of hydrogen-bond donors (Lipinski definition) is 1. The molecule has 1 atom stereocenters. The number of benzene rings is 1. The minimum Gasteiger partial charge on any atom is -0.455 e. The first-order valence-electron chi connectivity index (χ1n) is 9.86. The Morgan fingerprint density at radius 1 is 1.20 bits per heavy atom. The van der Waals surface area contributed by atoms with Crippen molar-refractivity contribution in [2.45, 2.75) is 37.6 Å². The monoisotopic (exact) mass is 428 g/mol. The molecule has 1 fully saturated rings. The van der Waals surface area contributed by atoms with Crippen molar-refractivity contribution < 1.29 is 17.6 Å². The van der Waals surface area contributed by atoms with Gasteiger partial charge in [-0.25, -0.2) is 13.4 Å². The SMILES string of the molecule is Cc1oc(C(=O)N[C@H](C)c2ccc(-n3ccnc3)cc2)cc1S(=O)(=O)N1CCCC1. The van der Waals surface area contributed by atoms with Gasteiger partial charge in [0.05, 0.1) is 12.4 Å². The summed E-state index contributed by atoms with van der Waals surface area (Å²) in [5.41, 5.74) is 1.88. The number of amides is 1. The molecule has 0 unspecified atom stereocenters. The minimum atomic E-state index is -3.64.